The molecule has 1 fully saturated rings. The van der Waals surface area contributed by atoms with Gasteiger partial charge in [-0.25, -0.2) is 15.0 Å². The Balaban J connectivity index is 1.24. The van der Waals surface area contributed by atoms with Gasteiger partial charge in [0.2, 0.25) is 23.6 Å². The van der Waals surface area contributed by atoms with E-state index in [0.29, 0.717) is 76.1 Å². The molecule has 5 heterocycles. The molecule has 0 spiro atoms. The van der Waals surface area contributed by atoms with E-state index in [1.165, 1.54) is 7.11 Å². The molecule has 1 saturated heterocycles. The van der Waals surface area contributed by atoms with Crippen molar-refractivity contribution in [3.05, 3.63) is 82.3 Å². The van der Waals surface area contributed by atoms with Crippen LogP contribution in [0.5, 0.6) is 11.5 Å². The van der Waals surface area contributed by atoms with Gasteiger partial charge in [0, 0.05) is 58.3 Å². The van der Waals surface area contributed by atoms with Gasteiger partial charge in [-0.1, -0.05) is 19.1 Å². The van der Waals surface area contributed by atoms with Gasteiger partial charge in [0.15, 0.2) is 5.89 Å². The Morgan fingerprint density at radius 3 is 2.20 bits per heavy atom. The number of ether oxygens (including phenoxy) is 3. The summed E-state index contributed by atoms with van der Waals surface area (Å²) in [5, 5.41) is 10.3. The first-order chi connectivity index (χ1) is 29.5. The quantitative estimate of drug-likeness (QED) is 0.0703. The van der Waals surface area contributed by atoms with E-state index in [4.69, 9.17) is 40.1 Å². The molecule has 3 amide bonds. The van der Waals surface area contributed by atoms with Crippen LogP contribution in [0, 0.1) is 13.8 Å². The molecule has 0 saturated carbocycles. The van der Waals surface area contributed by atoms with E-state index in [-0.39, 0.29) is 42.9 Å². The third-order valence-corrected chi connectivity index (χ3v) is 10.4. The number of nitrogens with zero attached hydrogens (tertiary/aromatic N) is 8. The monoisotopic (exact) mass is 836 g/mol. The zero-order chi connectivity index (χ0) is 43.2. The van der Waals surface area contributed by atoms with Crippen LogP contribution in [0.4, 0.5) is 11.9 Å². The van der Waals surface area contributed by atoms with Gasteiger partial charge in [0.1, 0.15) is 28.2 Å². The lowest BCUT2D eigenvalue weighted by Gasteiger charge is -2.26. The van der Waals surface area contributed by atoms with Gasteiger partial charge in [-0.15, -0.1) is 0 Å². The van der Waals surface area contributed by atoms with Crippen molar-refractivity contribution in [2.75, 3.05) is 57.2 Å². The second kappa shape index (κ2) is 18.8. The van der Waals surface area contributed by atoms with E-state index >= 15 is 0 Å². The number of nitrogens with two attached hydrogens (primary N) is 2. The predicted molar refractivity (Wildman–Crippen MR) is 228 cm³/mol. The summed E-state index contributed by atoms with van der Waals surface area (Å²) in [6.07, 6.45) is 5.09. The lowest BCUT2D eigenvalue weighted by Crippen LogP contribution is -2.37. The first-order valence-corrected chi connectivity index (χ1v) is 20.3. The molecule has 6 aromatic rings. The third-order valence-electron chi connectivity index (χ3n) is 10.4. The van der Waals surface area contributed by atoms with Crippen molar-refractivity contribution in [1.29, 1.82) is 0 Å². The molecule has 2 aromatic carbocycles. The van der Waals surface area contributed by atoms with Crippen LogP contribution >= 0.6 is 0 Å². The maximum atomic E-state index is 13.7. The van der Waals surface area contributed by atoms with E-state index in [0.717, 1.165) is 44.8 Å². The average molecular weight is 837 g/mol. The number of primary amides is 1. The summed E-state index contributed by atoms with van der Waals surface area (Å²) in [6.45, 7) is 13.0. The number of fused-ring (bicyclic) bond motifs is 2. The van der Waals surface area contributed by atoms with Crippen LogP contribution in [0.3, 0.4) is 0 Å². The second-order valence-electron chi connectivity index (χ2n) is 14.6. The van der Waals surface area contributed by atoms with Crippen molar-refractivity contribution >= 4 is 51.7 Å². The van der Waals surface area contributed by atoms with E-state index in [1.807, 2.05) is 49.6 Å². The summed E-state index contributed by atoms with van der Waals surface area (Å²) in [6, 6.07) is 8.59. The number of aryl methyl sites for hydroxylation is 4. The molecule has 1 aliphatic rings. The number of imidazole rings is 2. The molecule has 6 N–H and O–H groups in total. The number of allylic oxidation sites excluding steroid dienone is 2. The number of oxazole rings is 1. The predicted octanol–water partition coefficient (Wildman–Crippen LogP) is 4.20. The number of nitrogens with one attached hydrogen (secondary N) is 2. The second-order valence-corrected chi connectivity index (χ2v) is 14.6. The maximum absolute atomic E-state index is 13.7. The summed E-state index contributed by atoms with van der Waals surface area (Å²) in [5.41, 5.74) is 16.6. The highest BCUT2D eigenvalue weighted by Gasteiger charge is 2.24. The third kappa shape index (κ3) is 9.28. The standard InChI is InChI=1S/C42H52N12O7/c1-6-29-37(61-26(4)45-29)40(57)49-42-46-30-20-27(24-43)21-34(60-16-10-11-51-14-17-59-18-15-51)36(30)53(42)13-9-8-12-52-35-31(22-28(38(44)55)23-33(35)58-5)47-41(52)48-39(56)32-19-25(3)50-54(32)7-2/h8-9,19-23H,6-7,10-18,24,43H2,1-5H3,(H2,44,55)(H,46,49,57)(H,47,48,56)/b9-8+. The van der Waals surface area contributed by atoms with Crippen LogP contribution in [0.1, 0.15) is 74.5 Å². The SMILES string of the molecule is CCc1nc(C)oc1C(=O)Nc1nc2cc(CN)cc(OCCCN3CCOCC3)c2n1C/C=C/Cn1c(NC(=O)c2cc(C)nn2CC)nc2cc(C(N)=O)cc(OC)c21. The van der Waals surface area contributed by atoms with Crippen molar-refractivity contribution in [3.8, 4) is 11.5 Å². The van der Waals surface area contributed by atoms with E-state index in [9.17, 15) is 14.4 Å². The number of carbonyl (C=O) groups excluding carboxylic acids is 3. The highest BCUT2D eigenvalue weighted by atomic mass is 16.5. The summed E-state index contributed by atoms with van der Waals surface area (Å²) in [5.74, 6) is 0.337. The van der Waals surface area contributed by atoms with Gasteiger partial charge >= 0.3 is 0 Å². The number of hydrogen-bond donors (Lipinski definition) is 4. The minimum atomic E-state index is -0.651. The van der Waals surface area contributed by atoms with E-state index in [2.05, 4.69) is 25.6 Å². The molecule has 61 heavy (non-hydrogen) atoms. The highest BCUT2D eigenvalue weighted by Crippen LogP contribution is 2.33. The van der Waals surface area contributed by atoms with E-state index in [1.54, 1.807) is 34.4 Å². The van der Waals surface area contributed by atoms with Crippen molar-refractivity contribution in [2.24, 2.45) is 11.5 Å². The molecule has 322 valence electrons. The van der Waals surface area contributed by atoms with Crippen LogP contribution in [-0.2, 0) is 37.3 Å². The minimum Gasteiger partial charge on any atom is -0.494 e. The Kier molecular flexibility index (Phi) is 13.1. The van der Waals surface area contributed by atoms with Crippen LogP contribution in [0.25, 0.3) is 22.1 Å². The zero-order valence-electron chi connectivity index (χ0n) is 35.1. The number of anilines is 2. The van der Waals surface area contributed by atoms with Crippen LogP contribution in [0.2, 0.25) is 0 Å². The first kappa shape index (κ1) is 42.6. The number of aromatic nitrogens is 7. The molecular weight excluding hydrogens is 785 g/mol. The molecule has 7 rings (SSSR count). The Bertz CT molecular complexity index is 2600. The number of carbonyl (C=O) groups is 3. The van der Waals surface area contributed by atoms with Gasteiger partial charge in [-0.2, -0.15) is 5.10 Å². The maximum Gasteiger partial charge on any atom is 0.295 e. The first-order valence-electron chi connectivity index (χ1n) is 20.3. The zero-order valence-corrected chi connectivity index (χ0v) is 35.1. The van der Waals surface area contributed by atoms with Crippen LogP contribution in [-0.4, -0.2) is 103 Å². The lowest BCUT2D eigenvalue weighted by molar-refractivity contribution is 0.0358. The fraction of sp³-hybridized carbons (Fsp3) is 0.405. The summed E-state index contributed by atoms with van der Waals surface area (Å²) < 4.78 is 28.6. The van der Waals surface area contributed by atoms with Crippen LogP contribution < -0.4 is 31.6 Å². The number of rotatable bonds is 18. The number of methoxy groups -OCH3 is 1. The molecular formula is C42H52N12O7. The normalized spacial score (nSPS) is 13.4. The number of hydrogen-bond acceptors (Lipinski definition) is 13. The molecule has 0 unspecified atom stereocenters. The van der Waals surface area contributed by atoms with Gasteiger partial charge in [0.05, 0.1) is 49.4 Å². The Morgan fingerprint density at radius 1 is 0.885 bits per heavy atom. The molecule has 1 aliphatic heterocycles. The molecule has 19 nitrogen and oxygen atoms in total. The van der Waals surface area contributed by atoms with E-state index < -0.39 is 17.7 Å². The molecule has 19 heteroatoms. The Labute approximate surface area is 352 Å². The molecule has 0 atom stereocenters. The van der Waals surface area contributed by atoms with Crippen LogP contribution in [0.15, 0.2) is 46.9 Å². The summed E-state index contributed by atoms with van der Waals surface area (Å²) >= 11 is 0. The number of morpholine rings is 1. The Hall–Kier alpha value is -6.57. The summed E-state index contributed by atoms with van der Waals surface area (Å²) in [4.78, 5) is 56.0. The Morgan fingerprint density at radius 2 is 1.56 bits per heavy atom. The fourth-order valence-electron chi connectivity index (χ4n) is 7.42. The van der Waals surface area contributed by atoms with Gasteiger partial charge in [-0.3, -0.25) is 34.6 Å². The van der Waals surface area contributed by atoms with Gasteiger partial charge in [-0.05, 0) is 62.6 Å². The molecule has 0 aliphatic carbocycles. The van der Waals surface area contributed by atoms with Crippen molar-refractivity contribution < 1.29 is 33.0 Å². The minimum absolute atomic E-state index is 0.114. The topological polar surface area (TPSA) is 238 Å². The molecule has 0 bridgehead atoms. The molecule has 0 radical (unpaired) electrons. The highest BCUT2D eigenvalue weighted by molar-refractivity contribution is 6.05. The smallest absolute Gasteiger partial charge is 0.295 e. The van der Waals surface area contributed by atoms with Gasteiger partial charge < -0.3 is 39.2 Å². The summed E-state index contributed by atoms with van der Waals surface area (Å²) in [7, 11) is 1.48. The van der Waals surface area contributed by atoms with Crippen molar-refractivity contribution in [1.82, 2.24) is 38.8 Å². The molecule has 4 aromatic heterocycles. The number of benzene rings is 2. The largest absolute Gasteiger partial charge is 0.494 e. The van der Waals surface area contributed by atoms with Crippen molar-refractivity contribution in [2.45, 2.75) is 66.7 Å². The lowest BCUT2D eigenvalue weighted by atomic mass is 10.1. The van der Waals surface area contributed by atoms with Gasteiger partial charge in [0.25, 0.3) is 11.8 Å². The fourth-order valence-corrected chi connectivity index (χ4v) is 7.42. The number of amides is 3. The van der Waals surface area contributed by atoms with Crippen molar-refractivity contribution in [3.63, 3.8) is 0 Å². The average Bonchev–Trinajstić information content (AvgIpc) is 4.02.